The van der Waals surface area contributed by atoms with Crippen molar-refractivity contribution >= 4 is 39.6 Å². The minimum atomic E-state index is -3.84. The van der Waals surface area contributed by atoms with E-state index in [1.807, 2.05) is 58.0 Å². The van der Waals surface area contributed by atoms with Crippen molar-refractivity contribution in [3.63, 3.8) is 0 Å². The molecule has 0 amide bonds. The zero-order chi connectivity index (χ0) is 27.7. The first-order valence-electron chi connectivity index (χ1n) is 12.2. The molecule has 0 fully saturated rings. The topological polar surface area (TPSA) is 72.5 Å². The van der Waals surface area contributed by atoms with E-state index in [9.17, 15) is 13.0 Å². The molecule has 0 aromatic heterocycles. The standard InChI is InChI=1S/C30H31ClNO4PS/c1-20-11-14-27(15-12-20)38(34,35)32-24(5)28-19-25(31)13-16-29(28)36-37(33,26-9-7-6-8-10-26)30-22(3)17-21(2)18-23(30)4/h6-19,24,32H,1-5H3/t24-,37?/m0/s1. The number of hydrogen-bond donors (Lipinski definition) is 1. The maximum atomic E-state index is 14.9. The maximum absolute atomic E-state index is 14.9. The number of aryl methyl sites for hydroxylation is 4. The number of rotatable bonds is 8. The quantitative estimate of drug-likeness (QED) is 0.235. The van der Waals surface area contributed by atoms with E-state index >= 15 is 0 Å². The van der Waals surface area contributed by atoms with Crippen LogP contribution in [-0.2, 0) is 14.6 Å². The molecule has 0 heterocycles. The van der Waals surface area contributed by atoms with E-state index < -0.39 is 23.4 Å². The largest absolute Gasteiger partial charge is 0.436 e. The predicted molar refractivity (Wildman–Crippen MR) is 156 cm³/mol. The number of nitrogens with one attached hydrogen (secondary N) is 1. The van der Waals surface area contributed by atoms with Crippen molar-refractivity contribution < 1.29 is 17.5 Å². The summed E-state index contributed by atoms with van der Waals surface area (Å²) in [5.41, 5.74) is 4.22. The Morgan fingerprint density at radius 1 is 0.816 bits per heavy atom. The molecule has 0 aliphatic rings. The van der Waals surface area contributed by atoms with Gasteiger partial charge in [-0.05, 0) is 88.2 Å². The minimum Gasteiger partial charge on any atom is -0.436 e. The molecule has 1 unspecified atom stereocenters. The van der Waals surface area contributed by atoms with Crippen LogP contribution in [0, 0.1) is 27.7 Å². The SMILES string of the molecule is Cc1ccc(S(=O)(=O)N[C@@H](C)c2cc(Cl)ccc2OP(=O)(c2ccccc2)c2c(C)cc(C)cc2C)cc1. The Labute approximate surface area is 230 Å². The average molecular weight is 568 g/mol. The van der Waals surface area contributed by atoms with E-state index in [1.165, 1.54) is 0 Å². The summed E-state index contributed by atoms with van der Waals surface area (Å²) in [6.07, 6.45) is 0. The van der Waals surface area contributed by atoms with Crippen molar-refractivity contribution in [2.24, 2.45) is 0 Å². The van der Waals surface area contributed by atoms with Gasteiger partial charge in [-0.2, -0.15) is 0 Å². The van der Waals surface area contributed by atoms with Crippen LogP contribution in [0.25, 0.3) is 0 Å². The first kappa shape index (κ1) is 28.1. The summed E-state index contributed by atoms with van der Waals surface area (Å²) in [6.45, 7) is 9.45. The van der Waals surface area contributed by atoms with Crippen molar-refractivity contribution in [3.05, 3.63) is 118 Å². The highest BCUT2D eigenvalue weighted by atomic mass is 35.5. The van der Waals surface area contributed by atoms with Gasteiger partial charge in [0, 0.05) is 16.6 Å². The first-order valence-corrected chi connectivity index (χ1v) is 15.7. The molecule has 4 aromatic carbocycles. The van der Waals surface area contributed by atoms with Crippen LogP contribution in [0.4, 0.5) is 0 Å². The van der Waals surface area contributed by atoms with E-state index in [1.54, 1.807) is 61.5 Å². The van der Waals surface area contributed by atoms with Gasteiger partial charge in [-0.3, -0.25) is 4.57 Å². The van der Waals surface area contributed by atoms with Gasteiger partial charge >= 0.3 is 7.37 Å². The summed E-state index contributed by atoms with van der Waals surface area (Å²) < 4.78 is 50.4. The second-order valence-corrected chi connectivity index (χ2v) is 14.0. The summed E-state index contributed by atoms with van der Waals surface area (Å²) >= 11 is 6.34. The van der Waals surface area contributed by atoms with E-state index in [4.69, 9.17) is 16.1 Å². The van der Waals surface area contributed by atoms with Crippen LogP contribution in [0.2, 0.25) is 5.02 Å². The third-order valence-corrected chi connectivity index (χ3v) is 10.9. The second-order valence-electron chi connectivity index (χ2n) is 9.56. The molecule has 4 aromatic rings. The second kappa shape index (κ2) is 11.1. The molecule has 0 aliphatic heterocycles. The van der Waals surface area contributed by atoms with Crippen molar-refractivity contribution in [1.82, 2.24) is 4.72 Å². The lowest BCUT2D eigenvalue weighted by Crippen LogP contribution is -2.28. The summed E-state index contributed by atoms with van der Waals surface area (Å²) in [5, 5.41) is 1.58. The lowest BCUT2D eigenvalue weighted by molar-refractivity contribution is 0.494. The third kappa shape index (κ3) is 5.89. The van der Waals surface area contributed by atoms with Gasteiger partial charge in [0.15, 0.2) is 0 Å². The predicted octanol–water partition coefficient (Wildman–Crippen LogP) is 6.92. The summed E-state index contributed by atoms with van der Waals surface area (Å²) in [5.74, 6) is 0.292. The van der Waals surface area contributed by atoms with Gasteiger partial charge in [0.1, 0.15) is 5.75 Å². The molecule has 4 rings (SSSR count). The van der Waals surface area contributed by atoms with Gasteiger partial charge in [0.25, 0.3) is 0 Å². The van der Waals surface area contributed by atoms with Crippen LogP contribution in [0.15, 0.2) is 89.8 Å². The minimum absolute atomic E-state index is 0.153. The van der Waals surface area contributed by atoms with Crippen LogP contribution in [0.3, 0.4) is 0 Å². The van der Waals surface area contributed by atoms with Crippen LogP contribution in [0.5, 0.6) is 5.75 Å². The fourth-order valence-electron chi connectivity index (χ4n) is 4.65. The Morgan fingerprint density at radius 3 is 2.03 bits per heavy atom. The van der Waals surface area contributed by atoms with Gasteiger partial charge < -0.3 is 4.52 Å². The first-order chi connectivity index (χ1) is 17.9. The highest BCUT2D eigenvalue weighted by Crippen LogP contribution is 2.49. The van der Waals surface area contributed by atoms with Crippen LogP contribution >= 0.6 is 19.0 Å². The van der Waals surface area contributed by atoms with Crippen molar-refractivity contribution in [2.45, 2.75) is 45.6 Å². The molecule has 0 spiro atoms. The molecule has 0 saturated heterocycles. The summed E-state index contributed by atoms with van der Waals surface area (Å²) in [6, 6.07) is 23.9. The normalized spacial score (nSPS) is 14.1. The van der Waals surface area contributed by atoms with Crippen LogP contribution in [-0.4, -0.2) is 8.42 Å². The zero-order valence-electron chi connectivity index (χ0n) is 22.0. The highest BCUT2D eigenvalue weighted by Gasteiger charge is 2.35. The number of halogens is 1. The average Bonchev–Trinajstić information content (AvgIpc) is 2.85. The van der Waals surface area contributed by atoms with Crippen LogP contribution in [0.1, 0.15) is 40.8 Å². The lowest BCUT2D eigenvalue weighted by atomic mass is 10.1. The van der Waals surface area contributed by atoms with Crippen molar-refractivity contribution in [3.8, 4) is 5.75 Å². The van der Waals surface area contributed by atoms with Gasteiger partial charge in [-0.1, -0.05) is 65.2 Å². The molecule has 198 valence electrons. The molecular formula is C30H31ClNO4PS. The van der Waals surface area contributed by atoms with Gasteiger partial charge in [0.05, 0.1) is 15.5 Å². The molecule has 0 aliphatic carbocycles. The fourth-order valence-corrected chi connectivity index (χ4v) is 8.57. The molecule has 8 heteroatoms. The molecule has 1 N–H and O–H groups in total. The zero-order valence-corrected chi connectivity index (χ0v) is 24.5. The summed E-state index contributed by atoms with van der Waals surface area (Å²) in [7, 11) is -7.50. The van der Waals surface area contributed by atoms with E-state index in [0.717, 1.165) is 22.3 Å². The van der Waals surface area contributed by atoms with Gasteiger partial charge in [-0.25, -0.2) is 13.1 Å². The Kier molecular flexibility index (Phi) is 8.20. The Morgan fingerprint density at radius 2 is 1.42 bits per heavy atom. The van der Waals surface area contributed by atoms with Crippen LogP contribution < -0.4 is 19.9 Å². The number of hydrogen-bond acceptors (Lipinski definition) is 4. The molecular weight excluding hydrogens is 537 g/mol. The number of sulfonamides is 1. The van der Waals surface area contributed by atoms with E-state index in [-0.39, 0.29) is 4.90 Å². The monoisotopic (exact) mass is 567 g/mol. The molecule has 0 saturated carbocycles. The molecule has 38 heavy (non-hydrogen) atoms. The van der Waals surface area contributed by atoms with Gasteiger partial charge in [-0.15, -0.1) is 0 Å². The maximum Gasteiger partial charge on any atom is 0.307 e. The smallest absolute Gasteiger partial charge is 0.307 e. The molecule has 5 nitrogen and oxygen atoms in total. The Balaban J connectivity index is 1.80. The number of benzene rings is 4. The molecule has 0 radical (unpaired) electrons. The molecule has 2 atom stereocenters. The molecule has 0 bridgehead atoms. The fraction of sp³-hybridized carbons (Fsp3) is 0.200. The van der Waals surface area contributed by atoms with Gasteiger partial charge in [0.2, 0.25) is 10.0 Å². The summed E-state index contributed by atoms with van der Waals surface area (Å²) in [4.78, 5) is 0.153. The van der Waals surface area contributed by atoms with E-state index in [0.29, 0.717) is 26.9 Å². The van der Waals surface area contributed by atoms with E-state index in [2.05, 4.69) is 4.72 Å². The van der Waals surface area contributed by atoms with Crippen molar-refractivity contribution in [2.75, 3.05) is 0 Å². The highest BCUT2D eigenvalue weighted by molar-refractivity contribution is 7.89. The Bertz CT molecular complexity index is 1600. The third-order valence-electron chi connectivity index (χ3n) is 6.35. The lowest BCUT2D eigenvalue weighted by Gasteiger charge is -2.26. The van der Waals surface area contributed by atoms with Crippen molar-refractivity contribution in [1.29, 1.82) is 0 Å². The Hall–Kier alpha value is -2.89.